The van der Waals surface area contributed by atoms with Crippen LogP contribution in [0.5, 0.6) is 5.75 Å². The molecule has 0 bridgehead atoms. The molecule has 1 saturated carbocycles. The van der Waals surface area contributed by atoms with Crippen LogP contribution >= 0.6 is 0 Å². The third kappa shape index (κ3) is 3.62. The molecule has 0 spiro atoms. The second kappa shape index (κ2) is 6.59. The molecule has 20 heavy (non-hydrogen) atoms. The Bertz CT molecular complexity index is 472. The molecule has 5 nitrogen and oxygen atoms in total. The van der Waals surface area contributed by atoms with Gasteiger partial charge >= 0.3 is 5.69 Å². The number of nitro groups is 1. The van der Waals surface area contributed by atoms with Crippen LogP contribution in [0.4, 0.5) is 11.4 Å². The van der Waals surface area contributed by atoms with Gasteiger partial charge in [-0.15, -0.1) is 0 Å². The van der Waals surface area contributed by atoms with Crippen molar-refractivity contribution < 1.29 is 9.66 Å². The van der Waals surface area contributed by atoms with Gasteiger partial charge in [-0.2, -0.15) is 0 Å². The largest absolute Gasteiger partial charge is 0.487 e. The van der Waals surface area contributed by atoms with Crippen LogP contribution in [0.15, 0.2) is 18.2 Å². The standard InChI is InChI=1S/C15H22N2O3/c1-3-9-20-14-6-4-5-13(15(14)17(18)19)16-10-11(2)12-7-8-12/h4-6,11-12,16H,3,7-10H2,1-2H3. The Morgan fingerprint density at radius 1 is 1.50 bits per heavy atom. The summed E-state index contributed by atoms with van der Waals surface area (Å²) in [4.78, 5) is 10.9. The minimum Gasteiger partial charge on any atom is -0.487 e. The lowest BCUT2D eigenvalue weighted by atomic mass is 10.1. The summed E-state index contributed by atoms with van der Waals surface area (Å²) < 4.78 is 5.47. The zero-order valence-corrected chi connectivity index (χ0v) is 12.1. The Hall–Kier alpha value is -1.78. The highest BCUT2D eigenvalue weighted by Gasteiger charge is 2.28. The topological polar surface area (TPSA) is 64.4 Å². The van der Waals surface area contributed by atoms with E-state index in [1.54, 1.807) is 18.2 Å². The molecule has 1 atom stereocenters. The van der Waals surface area contributed by atoms with Crippen molar-refractivity contribution in [3.8, 4) is 5.75 Å². The maximum Gasteiger partial charge on any atom is 0.333 e. The molecule has 1 fully saturated rings. The van der Waals surface area contributed by atoms with Crippen LogP contribution in [0, 0.1) is 22.0 Å². The molecule has 1 aromatic carbocycles. The van der Waals surface area contributed by atoms with Crippen molar-refractivity contribution >= 4 is 11.4 Å². The van der Waals surface area contributed by atoms with Crippen molar-refractivity contribution in [3.63, 3.8) is 0 Å². The highest BCUT2D eigenvalue weighted by atomic mass is 16.6. The van der Waals surface area contributed by atoms with E-state index in [0.717, 1.165) is 18.9 Å². The Morgan fingerprint density at radius 2 is 2.25 bits per heavy atom. The fourth-order valence-electron chi connectivity index (χ4n) is 2.28. The number of rotatable bonds is 8. The zero-order valence-electron chi connectivity index (χ0n) is 12.1. The van der Waals surface area contributed by atoms with E-state index in [1.807, 2.05) is 6.92 Å². The fourth-order valence-corrected chi connectivity index (χ4v) is 2.28. The van der Waals surface area contributed by atoms with E-state index < -0.39 is 0 Å². The number of hydrogen-bond donors (Lipinski definition) is 1. The molecule has 1 unspecified atom stereocenters. The predicted octanol–water partition coefficient (Wildman–Crippen LogP) is 3.84. The van der Waals surface area contributed by atoms with Crippen LogP contribution in [0.3, 0.4) is 0 Å². The van der Waals surface area contributed by atoms with E-state index in [9.17, 15) is 10.1 Å². The molecular weight excluding hydrogens is 256 g/mol. The van der Waals surface area contributed by atoms with Gasteiger partial charge in [-0.25, -0.2) is 0 Å². The average molecular weight is 278 g/mol. The van der Waals surface area contributed by atoms with Gasteiger partial charge in [-0.1, -0.05) is 19.9 Å². The minimum absolute atomic E-state index is 0.0453. The third-order valence-electron chi connectivity index (χ3n) is 3.68. The van der Waals surface area contributed by atoms with E-state index in [4.69, 9.17) is 4.74 Å². The molecule has 1 aliphatic rings. The Morgan fingerprint density at radius 3 is 2.85 bits per heavy atom. The summed E-state index contributed by atoms with van der Waals surface area (Å²) in [6.07, 6.45) is 3.39. The Labute approximate surface area is 119 Å². The molecule has 5 heteroatoms. The van der Waals surface area contributed by atoms with Gasteiger partial charge in [0.05, 0.1) is 11.5 Å². The molecule has 0 aromatic heterocycles. The van der Waals surface area contributed by atoms with Gasteiger partial charge in [0.15, 0.2) is 5.75 Å². The first kappa shape index (κ1) is 14.6. The van der Waals surface area contributed by atoms with Crippen LogP contribution in [0.2, 0.25) is 0 Å². The van der Waals surface area contributed by atoms with E-state index in [2.05, 4.69) is 12.2 Å². The van der Waals surface area contributed by atoms with E-state index in [1.165, 1.54) is 12.8 Å². The van der Waals surface area contributed by atoms with Crippen LogP contribution in [-0.4, -0.2) is 18.1 Å². The molecule has 110 valence electrons. The molecule has 1 aliphatic carbocycles. The lowest BCUT2D eigenvalue weighted by Gasteiger charge is -2.14. The summed E-state index contributed by atoms with van der Waals surface area (Å²) >= 11 is 0. The first-order valence-electron chi connectivity index (χ1n) is 7.27. The Kier molecular flexibility index (Phi) is 4.82. The number of hydrogen-bond acceptors (Lipinski definition) is 4. The summed E-state index contributed by atoms with van der Waals surface area (Å²) in [5.74, 6) is 1.68. The number of nitrogens with zero attached hydrogens (tertiary/aromatic N) is 1. The van der Waals surface area contributed by atoms with Gasteiger partial charge in [0.2, 0.25) is 0 Å². The monoisotopic (exact) mass is 278 g/mol. The first-order chi connectivity index (χ1) is 9.63. The summed E-state index contributed by atoms with van der Waals surface area (Å²) in [6.45, 7) is 5.42. The van der Waals surface area contributed by atoms with Gasteiger partial charge in [-0.05, 0) is 43.2 Å². The minimum atomic E-state index is -0.366. The molecule has 0 heterocycles. The summed E-state index contributed by atoms with van der Waals surface area (Å²) in [7, 11) is 0. The number of benzene rings is 1. The van der Waals surface area contributed by atoms with Gasteiger partial charge in [0.25, 0.3) is 0 Å². The van der Waals surface area contributed by atoms with Crippen molar-refractivity contribution in [2.45, 2.75) is 33.1 Å². The van der Waals surface area contributed by atoms with Gasteiger partial charge in [0.1, 0.15) is 5.69 Å². The van der Waals surface area contributed by atoms with Crippen molar-refractivity contribution in [2.75, 3.05) is 18.5 Å². The highest BCUT2D eigenvalue weighted by Crippen LogP contribution is 2.38. The molecule has 0 saturated heterocycles. The number of para-hydroxylation sites is 1. The molecule has 1 aromatic rings. The van der Waals surface area contributed by atoms with E-state index in [0.29, 0.717) is 24.0 Å². The third-order valence-corrected chi connectivity index (χ3v) is 3.68. The summed E-state index contributed by atoms with van der Waals surface area (Å²) in [5.41, 5.74) is 0.597. The smallest absolute Gasteiger partial charge is 0.333 e. The van der Waals surface area contributed by atoms with Gasteiger partial charge in [-0.3, -0.25) is 10.1 Å². The van der Waals surface area contributed by atoms with E-state index in [-0.39, 0.29) is 10.6 Å². The SMILES string of the molecule is CCCOc1cccc(NCC(C)C2CC2)c1[N+](=O)[O-]. The molecule has 0 radical (unpaired) electrons. The van der Waals surface area contributed by atoms with E-state index >= 15 is 0 Å². The molecule has 0 amide bonds. The lowest BCUT2D eigenvalue weighted by Crippen LogP contribution is -2.14. The van der Waals surface area contributed by atoms with Gasteiger partial charge in [0, 0.05) is 6.54 Å². The second-order valence-corrected chi connectivity index (χ2v) is 5.45. The van der Waals surface area contributed by atoms with Crippen molar-refractivity contribution in [3.05, 3.63) is 28.3 Å². The number of nitrogens with one attached hydrogen (secondary N) is 1. The van der Waals surface area contributed by atoms with Crippen LogP contribution < -0.4 is 10.1 Å². The normalized spacial score (nSPS) is 15.7. The lowest BCUT2D eigenvalue weighted by molar-refractivity contribution is -0.385. The molecular formula is C15H22N2O3. The fraction of sp³-hybridized carbons (Fsp3) is 0.600. The first-order valence-corrected chi connectivity index (χ1v) is 7.27. The molecule has 1 N–H and O–H groups in total. The predicted molar refractivity (Wildman–Crippen MR) is 79.3 cm³/mol. The second-order valence-electron chi connectivity index (χ2n) is 5.45. The van der Waals surface area contributed by atoms with Gasteiger partial charge < -0.3 is 10.1 Å². The number of nitro benzene ring substituents is 1. The quantitative estimate of drug-likeness (QED) is 0.579. The maximum absolute atomic E-state index is 11.3. The highest BCUT2D eigenvalue weighted by molar-refractivity contribution is 5.68. The number of anilines is 1. The summed E-state index contributed by atoms with van der Waals surface area (Å²) in [5, 5.41) is 14.5. The zero-order chi connectivity index (χ0) is 14.5. The maximum atomic E-state index is 11.3. The van der Waals surface area contributed by atoms with Crippen molar-refractivity contribution in [1.29, 1.82) is 0 Å². The van der Waals surface area contributed by atoms with Crippen LogP contribution in [0.1, 0.15) is 33.1 Å². The van der Waals surface area contributed by atoms with Crippen molar-refractivity contribution in [1.82, 2.24) is 0 Å². The molecule has 2 rings (SSSR count). The average Bonchev–Trinajstić information content (AvgIpc) is 3.26. The van der Waals surface area contributed by atoms with Crippen LogP contribution in [-0.2, 0) is 0 Å². The van der Waals surface area contributed by atoms with Crippen LogP contribution in [0.25, 0.3) is 0 Å². The summed E-state index contributed by atoms with van der Waals surface area (Å²) in [6, 6.07) is 5.20. The molecule has 0 aliphatic heterocycles. The Balaban J connectivity index is 2.11. The van der Waals surface area contributed by atoms with Crippen molar-refractivity contribution in [2.24, 2.45) is 11.8 Å². The number of ether oxygens (including phenoxy) is 1.